The van der Waals surface area contributed by atoms with E-state index in [0.717, 1.165) is 23.5 Å². The highest BCUT2D eigenvalue weighted by atomic mass is 19.4. The molecule has 0 saturated carbocycles. The van der Waals surface area contributed by atoms with Gasteiger partial charge in [0, 0.05) is 19.2 Å². The SMILES string of the molecule is C[C@@H](Cc1nncn1C)c1cccc(NC(=O)c2cccc(C(F)(F)F)n2)c1. The van der Waals surface area contributed by atoms with Crippen LogP contribution in [0.2, 0.25) is 0 Å². The van der Waals surface area contributed by atoms with Crippen LogP contribution in [0.5, 0.6) is 0 Å². The van der Waals surface area contributed by atoms with Crippen molar-refractivity contribution in [1.29, 1.82) is 0 Å². The number of hydrogen-bond donors (Lipinski definition) is 1. The van der Waals surface area contributed by atoms with Crippen LogP contribution in [0.4, 0.5) is 18.9 Å². The molecule has 6 nitrogen and oxygen atoms in total. The minimum absolute atomic E-state index is 0.103. The van der Waals surface area contributed by atoms with Crippen LogP contribution in [-0.4, -0.2) is 25.7 Å². The van der Waals surface area contributed by atoms with Crippen molar-refractivity contribution in [3.05, 3.63) is 71.6 Å². The number of hydrogen-bond acceptors (Lipinski definition) is 4. The lowest BCUT2D eigenvalue weighted by Gasteiger charge is -2.13. The van der Waals surface area contributed by atoms with Crippen molar-refractivity contribution >= 4 is 11.6 Å². The summed E-state index contributed by atoms with van der Waals surface area (Å²) in [4.78, 5) is 15.7. The quantitative estimate of drug-likeness (QED) is 0.720. The Morgan fingerprint density at radius 3 is 2.64 bits per heavy atom. The Hall–Kier alpha value is -3.23. The largest absolute Gasteiger partial charge is 0.433 e. The van der Waals surface area contributed by atoms with Crippen LogP contribution in [0.15, 0.2) is 48.8 Å². The van der Waals surface area contributed by atoms with Gasteiger partial charge in [0.05, 0.1) is 0 Å². The molecule has 0 spiro atoms. The number of carbonyl (C=O) groups is 1. The summed E-state index contributed by atoms with van der Waals surface area (Å²) in [5.41, 5.74) is 0.0305. The Morgan fingerprint density at radius 2 is 1.96 bits per heavy atom. The summed E-state index contributed by atoms with van der Waals surface area (Å²) in [6, 6.07) is 10.4. The molecule has 28 heavy (non-hydrogen) atoms. The van der Waals surface area contributed by atoms with Gasteiger partial charge in [-0.25, -0.2) is 4.98 Å². The van der Waals surface area contributed by atoms with E-state index in [1.165, 1.54) is 6.07 Å². The number of nitrogens with one attached hydrogen (secondary N) is 1. The molecule has 0 fully saturated rings. The van der Waals surface area contributed by atoms with Crippen LogP contribution in [0, 0.1) is 0 Å². The summed E-state index contributed by atoms with van der Waals surface area (Å²) < 4.78 is 40.2. The van der Waals surface area contributed by atoms with Gasteiger partial charge in [-0.1, -0.05) is 25.1 Å². The van der Waals surface area contributed by atoms with E-state index in [1.807, 2.05) is 24.6 Å². The molecule has 146 valence electrons. The normalized spacial score (nSPS) is 12.6. The fourth-order valence-electron chi connectivity index (χ4n) is 2.72. The third-order valence-electron chi connectivity index (χ3n) is 4.28. The highest BCUT2D eigenvalue weighted by Gasteiger charge is 2.32. The second-order valence-electron chi connectivity index (χ2n) is 6.45. The molecular weight excluding hydrogens is 371 g/mol. The number of amides is 1. The van der Waals surface area contributed by atoms with E-state index in [4.69, 9.17) is 0 Å². The van der Waals surface area contributed by atoms with Crippen LogP contribution in [-0.2, 0) is 19.6 Å². The van der Waals surface area contributed by atoms with Crippen molar-refractivity contribution in [2.24, 2.45) is 7.05 Å². The van der Waals surface area contributed by atoms with Crippen LogP contribution >= 0.6 is 0 Å². The molecule has 0 saturated heterocycles. The smallest absolute Gasteiger partial charge is 0.321 e. The molecule has 2 heterocycles. The van der Waals surface area contributed by atoms with Crippen molar-refractivity contribution in [2.75, 3.05) is 5.32 Å². The molecule has 0 aliphatic carbocycles. The van der Waals surface area contributed by atoms with Crippen molar-refractivity contribution in [3.63, 3.8) is 0 Å². The van der Waals surface area contributed by atoms with Gasteiger partial charge in [0.2, 0.25) is 0 Å². The number of halogens is 3. The lowest BCUT2D eigenvalue weighted by atomic mass is 9.97. The van der Waals surface area contributed by atoms with Gasteiger partial charge in [0.15, 0.2) is 0 Å². The fourth-order valence-corrected chi connectivity index (χ4v) is 2.72. The molecule has 0 bridgehead atoms. The summed E-state index contributed by atoms with van der Waals surface area (Å²) in [5.74, 6) is 0.228. The maximum Gasteiger partial charge on any atom is 0.433 e. The Balaban J connectivity index is 1.74. The average Bonchev–Trinajstić information content (AvgIpc) is 3.06. The van der Waals surface area contributed by atoms with Crippen LogP contribution in [0.1, 0.15) is 40.4 Å². The predicted molar refractivity (Wildman–Crippen MR) is 96.8 cm³/mol. The van der Waals surface area contributed by atoms with Gasteiger partial charge in [0.1, 0.15) is 23.5 Å². The predicted octanol–water partition coefficient (Wildman–Crippen LogP) is 3.83. The molecule has 3 rings (SSSR count). The van der Waals surface area contributed by atoms with Crippen molar-refractivity contribution in [1.82, 2.24) is 19.7 Å². The number of aromatic nitrogens is 4. The molecule has 3 aromatic rings. The van der Waals surface area contributed by atoms with Crippen LogP contribution in [0.25, 0.3) is 0 Å². The number of benzene rings is 1. The number of pyridine rings is 1. The molecular formula is C19H18F3N5O. The van der Waals surface area contributed by atoms with E-state index >= 15 is 0 Å². The van der Waals surface area contributed by atoms with Crippen molar-refractivity contribution in [3.8, 4) is 0 Å². The molecule has 1 atom stereocenters. The Labute approximate surface area is 159 Å². The monoisotopic (exact) mass is 389 g/mol. The maximum absolute atomic E-state index is 12.8. The summed E-state index contributed by atoms with van der Waals surface area (Å²) in [5, 5.41) is 10.5. The summed E-state index contributed by atoms with van der Waals surface area (Å²) in [6.07, 6.45) is -2.32. The minimum Gasteiger partial charge on any atom is -0.321 e. The highest BCUT2D eigenvalue weighted by Crippen LogP contribution is 2.27. The lowest BCUT2D eigenvalue weighted by Crippen LogP contribution is -2.17. The molecule has 1 N–H and O–H groups in total. The van der Waals surface area contributed by atoms with Gasteiger partial charge in [-0.3, -0.25) is 4.79 Å². The third kappa shape index (κ3) is 4.54. The molecule has 0 aliphatic heterocycles. The van der Waals surface area contributed by atoms with Crippen LogP contribution < -0.4 is 5.32 Å². The second kappa shape index (κ2) is 7.79. The maximum atomic E-state index is 12.8. The lowest BCUT2D eigenvalue weighted by molar-refractivity contribution is -0.141. The second-order valence-corrected chi connectivity index (χ2v) is 6.45. The average molecular weight is 389 g/mol. The van der Waals surface area contributed by atoms with E-state index in [-0.39, 0.29) is 11.6 Å². The van der Waals surface area contributed by atoms with E-state index < -0.39 is 17.8 Å². The van der Waals surface area contributed by atoms with Gasteiger partial charge >= 0.3 is 6.18 Å². The van der Waals surface area contributed by atoms with Crippen molar-refractivity contribution < 1.29 is 18.0 Å². The first-order chi connectivity index (χ1) is 13.2. The fraction of sp³-hybridized carbons (Fsp3) is 0.263. The molecule has 0 unspecified atom stereocenters. The standard InChI is InChI=1S/C19H18F3N5O/c1-12(9-17-26-23-11-27(17)2)13-5-3-6-14(10-13)24-18(28)15-7-4-8-16(25-15)19(20,21)22/h3-8,10-12H,9H2,1-2H3,(H,24,28)/t12-/m0/s1. The summed E-state index contributed by atoms with van der Waals surface area (Å²) in [7, 11) is 1.86. The molecule has 1 aromatic carbocycles. The third-order valence-corrected chi connectivity index (χ3v) is 4.28. The Bertz CT molecular complexity index is 983. The number of nitrogens with zero attached hydrogens (tertiary/aromatic N) is 4. The van der Waals surface area contributed by atoms with Gasteiger partial charge in [0.25, 0.3) is 5.91 Å². The summed E-state index contributed by atoms with van der Waals surface area (Å²) >= 11 is 0. The Kier molecular flexibility index (Phi) is 5.43. The van der Waals surface area contributed by atoms with Gasteiger partial charge in [-0.2, -0.15) is 13.2 Å². The topological polar surface area (TPSA) is 72.7 Å². The number of rotatable bonds is 5. The minimum atomic E-state index is -4.61. The van der Waals surface area contributed by atoms with E-state index in [0.29, 0.717) is 12.1 Å². The molecule has 0 aliphatic rings. The Morgan fingerprint density at radius 1 is 1.21 bits per heavy atom. The first kappa shape index (κ1) is 19.5. The number of aryl methyl sites for hydroxylation is 1. The molecule has 0 radical (unpaired) electrons. The number of anilines is 1. The van der Waals surface area contributed by atoms with Gasteiger partial charge in [-0.15, -0.1) is 10.2 Å². The van der Waals surface area contributed by atoms with E-state index in [1.54, 1.807) is 24.5 Å². The number of alkyl halides is 3. The van der Waals surface area contributed by atoms with E-state index in [2.05, 4.69) is 20.5 Å². The first-order valence-corrected chi connectivity index (χ1v) is 8.52. The first-order valence-electron chi connectivity index (χ1n) is 8.52. The number of carbonyl (C=O) groups excluding carboxylic acids is 1. The van der Waals surface area contributed by atoms with Gasteiger partial charge in [-0.05, 0) is 35.7 Å². The van der Waals surface area contributed by atoms with Crippen molar-refractivity contribution in [2.45, 2.75) is 25.4 Å². The zero-order chi connectivity index (χ0) is 20.3. The van der Waals surface area contributed by atoms with Gasteiger partial charge < -0.3 is 9.88 Å². The highest BCUT2D eigenvalue weighted by molar-refractivity contribution is 6.02. The molecule has 1 amide bonds. The van der Waals surface area contributed by atoms with Crippen LogP contribution in [0.3, 0.4) is 0 Å². The zero-order valence-corrected chi connectivity index (χ0v) is 15.2. The summed E-state index contributed by atoms with van der Waals surface area (Å²) in [6.45, 7) is 2.02. The van der Waals surface area contributed by atoms with E-state index in [9.17, 15) is 18.0 Å². The molecule has 2 aromatic heterocycles. The molecule has 9 heteroatoms. The zero-order valence-electron chi connectivity index (χ0n) is 15.2.